The molecule has 3 nitrogen and oxygen atoms in total. The third-order valence-electron chi connectivity index (χ3n) is 2.65. The summed E-state index contributed by atoms with van der Waals surface area (Å²) in [5.74, 6) is 0.606. The van der Waals surface area contributed by atoms with E-state index >= 15 is 0 Å². The Kier molecular flexibility index (Phi) is 3.19. The molecule has 1 N–H and O–H groups in total. The van der Waals surface area contributed by atoms with E-state index in [1.807, 2.05) is 44.2 Å². The van der Waals surface area contributed by atoms with Gasteiger partial charge in [-0.3, -0.25) is 0 Å². The van der Waals surface area contributed by atoms with Crippen LogP contribution in [0.4, 0.5) is 11.6 Å². The Morgan fingerprint density at radius 1 is 1.12 bits per heavy atom. The highest BCUT2D eigenvalue weighted by Gasteiger charge is 2.05. The standard InChI is InChI=1S/C14H15N3/c1-4-13-10(2)11(3)15-14(17-13)16-12-8-6-5-7-9-12/h4-9H,1H2,2-3H3,(H,15,16,17). The Morgan fingerprint density at radius 3 is 2.47 bits per heavy atom. The highest BCUT2D eigenvalue weighted by Crippen LogP contribution is 2.16. The SMILES string of the molecule is C=Cc1nc(Nc2ccccc2)nc(C)c1C. The van der Waals surface area contributed by atoms with Crippen molar-refractivity contribution in [3.05, 3.63) is 53.9 Å². The van der Waals surface area contributed by atoms with Crippen LogP contribution >= 0.6 is 0 Å². The zero-order valence-corrected chi connectivity index (χ0v) is 10.1. The summed E-state index contributed by atoms with van der Waals surface area (Å²) in [5.41, 5.74) is 3.88. The van der Waals surface area contributed by atoms with Crippen molar-refractivity contribution in [1.29, 1.82) is 0 Å². The maximum Gasteiger partial charge on any atom is 0.227 e. The molecule has 1 aromatic heterocycles. The number of para-hydroxylation sites is 1. The van der Waals surface area contributed by atoms with Gasteiger partial charge >= 0.3 is 0 Å². The van der Waals surface area contributed by atoms with Crippen molar-refractivity contribution in [3.63, 3.8) is 0 Å². The molecule has 2 aromatic rings. The molecule has 0 aliphatic rings. The van der Waals surface area contributed by atoms with Crippen LogP contribution in [-0.4, -0.2) is 9.97 Å². The molecule has 0 saturated carbocycles. The Hall–Kier alpha value is -2.16. The van der Waals surface area contributed by atoms with Crippen LogP contribution in [0.1, 0.15) is 17.0 Å². The summed E-state index contributed by atoms with van der Waals surface area (Å²) in [4.78, 5) is 8.81. The number of benzene rings is 1. The number of hydrogen-bond donors (Lipinski definition) is 1. The van der Waals surface area contributed by atoms with Crippen molar-refractivity contribution in [2.24, 2.45) is 0 Å². The van der Waals surface area contributed by atoms with Gasteiger partial charge in [-0.2, -0.15) is 0 Å². The third-order valence-corrected chi connectivity index (χ3v) is 2.65. The molecule has 3 heteroatoms. The average Bonchev–Trinajstić information content (AvgIpc) is 2.35. The number of nitrogens with zero attached hydrogens (tertiary/aromatic N) is 2. The lowest BCUT2D eigenvalue weighted by Crippen LogP contribution is -2.02. The number of nitrogens with one attached hydrogen (secondary N) is 1. The Bertz CT molecular complexity index is 533. The van der Waals surface area contributed by atoms with E-state index in [2.05, 4.69) is 21.9 Å². The molecule has 1 heterocycles. The highest BCUT2D eigenvalue weighted by atomic mass is 15.1. The molecule has 1 aromatic carbocycles. The predicted octanol–water partition coefficient (Wildman–Crippen LogP) is 3.48. The van der Waals surface area contributed by atoms with Gasteiger partial charge < -0.3 is 5.32 Å². The lowest BCUT2D eigenvalue weighted by Gasteiger charge is -2.09. The molecule has 0 aliphatic carbocycles. The van der Waals surface area contributed by atoms with E-state index in [4.69, 9.17) is 0 Å². The second-order valence-corrected chi connectivity index (χ2v) is 3.84. The molecule has 17 heavy (non-hydrogen) atoms. The molecule has 0 aliphatic heterocycles. The topological polar surface area (TPSA) is 37.8 Å². The first kappa shape index (κ1) is 11.3. The zero-order valence-electron chi connectivity index (χ0n) is 10.1. The van der Waals surface area contributed by atoms with Gasteiger partial charge in [0.25, 0.3) is 0 Å². The maximum absolute atomic E-state index is 4.41. The lowest BCUT2D eigenvalue weighted by molar-refractivity contribution is 1.06. The zero-order chi connectivity index (χ0) is 12.3. The van der Waals surface area contributed by atoms with Crippen LogP contribution in [0.3, 0.4) is 0 Å². The van der Waals surface area contributed by atoms with E-state index in [-0.39, 0.29) is 0 Å². The molecule has 0 atom stereocenters. The monoisotopic (exact) mass is 225 g/mol. The number of rotatable bonds is 3. The van der Waals surface area contributed by atoms with Crippen molar-refractivity contribution < 1.29 is 0 Å². The smallest absolute Gasteiger partial charge is 0.227 e. The molecule has 0 unspecified atom stereocenters. The van der Waals surface area contributed by atoms with Gasteiger partial charge in [0.05, 0.1) is 5.69 Å². The largest absolute Gasteiger partial charge is 0.324 e. The molecule has 2 rings (SSSR count). The minimum atomic E-state index is 0.606. The summed E-state index contributed by atoms with van der Waals surface area (Å²) in [6, 6.07) is 9.87. The van der Waals surface area contributed by atoms with Gasteiger partial charge in [0.15, 0.2) is 0 Å². The quantitative estimate of drug-likeness (QED) is 0.869. The number of anilines is 2. The molecule has 0 bridgehead atoms. The van der Waals surface area contributed by atoms with Crippen molar-refractivity contribution in [2.75, 3.05) is 5.32 Å². The highest BCUT2D eigenvalue weighted by molar-refractivity contribution is 5.56. The van der Waals surface area contributed by atoms with Crippen molar-refractivity contribution in [2.45, 2.75) is 13.8 Å². The van der Waals surface area contributed by atoms with Crippen molar-refractivity contribution in [3.8, 4) is 0 Å². The van der Waals surface area contributed by atoms with Gasteiger partial charge in [0.2, 0.25) is 5.95 Å². The number of hydrogen-bond acceptors (Lipinski definition) is 3. The molecular formula is C14H15N3. The van der Waals surface area contributed by atoms with Crippen LogP contribution in [0.15, 0.2) is 36.9 Å². The molecule has 0 amide bonds. The second-order valence-electron chi connectivity index (χ2n) is 3.84. The van der Waals surface area contributed by atoms with Gasteiger partial charge in [-0.05, 0) is 37.6 Å². The third kappa shape index (κ3) is 2.50. The van der Waals surface area contributed by atoms with Gasteiger partial charge in [0.1, 0.15) is 0 Å². The maximum atomic E-state index is 4.41. The molecule has 0 saturated heterocycles. The summed E-state index contributed by atoms with van der Waals surface area (Å²) in [6.07, 6.45) is 1.75. The van der Waals surface area contributed by atoms with Crippen LogP contribution in [0.25, 0.3) is 6.08 Å². The van der Waals surface area contributed by atoms with Crippen LogP contribution in [0.2, 0.25) is 0 Å². The van der Waals surface area contributed by atoms with Crippen LogP contribution in [0.5, 0.6) is 0 Å². The Morgan fingerprint density at radius 2 is 1.82 bits per heavy atom. The van der Waals surface area contributed by atoms with E-state index in [0.717, 1.165) is 22.6 Å². The van der Waals surface area contributed by atoms with Crippen LogP contribution < -0.4 is 5.32 Å². The molecule has 0 fully saturated rings. The van der Waals surface area contributed by atoms with Crippen molar-refractivity contribution >= 4 is 17.7 Å². The predicted molar refractivity (Wildman–Crippen MR) is 71.3 cm³/mol. The van der Waals surface area contributed by atoms with Gasteiger partial charge in [-0.25, -0.2) is 9.97 Å². The summed E-state index contributed by atoms with van der Waals surface area (Å²) in [5, 5.41) is 3.18. The fourth-order valence-electron chi connectivity index (χ4n) is 1.56. The van der Waals surface area contributed by atoms with E-state index in [0.29, 0.717) is 5.95 Å². The molecule has 86 valence electrons. The number of aromatic nitrogens is 2. The van der Waals surface area contributed by atoms with Crippen molar-refractivity contribution in [1.82, 2.24) is 9.97 Å². The Labute approximate surface area is 101 Å². The normalized spacial score (nSPS) is 10.0. The number of aryl methyl sites for hydroxylation is 1. The molecule has 0 radical (unpaired) electrons. The van der Waals surface area contributed by atoms with Gasteiger partial charge in [-0.15, -0.1) is 0 Å². The lowest BCUT2D eigenvalue weighted by atomic mass is 10.2. The van der Waals surface area contributed by atoms with Gasteiger partial charge in [-0.1, -0.05) is 24.8 Å². The first-order valence-electron chi connectivity index (χ1n) is 5.50. The summed E-state index contributed by atoms with van der Waals surface area (Å²) in [6.45, 7) is 7.73. The first-order valence-corrected chi connectivity index (χ1v) is 5.50. The average molecular weight is 225 g/mol. The van der Waals surface area contributed by atoms with E-state index < -0.39 is 0 Å². The minimum Gasteiger partial charge on any atom is -0.324 e. The summed E-state index contributed by atoms with van der Waals surface area (Å²) in [7, 11) is 0. The summed E-state index contributed by atoms with van der Waals surface area (Å²) < 4.78 is 0. The van der Waals surface area contributed by atoms with E-state index in [1.54, 1.807) is 6.08 Å². The fourth-order valence-corrected chi connectivity index (χ4v) is 1.56. The van der Waals surface area contributed by atoms with Crippen LogP contribution in [-0.2, 0) is 0 Å². The fraction of sp³-hybridized carbons (Fsp3) is 0.143. The first-order chi connectivity index (χ1) is 8.20. The van der Waals surface area contributed by atoms with Crippen LogP contribution in [0, 0.1) is 13.8 Å². The molecular weight excluding hydrogens is 210 g/mol. The minimum absolute atomic E-state index is 0.606. The van der Waals surface area contributed by atoms with E-state index in [9.17, 15) is 0 Å². The Balaban J connectivity index is 2.34. The summed E-state index contributed by atoms with van der Waals surface area (Å²) >= 11 is 0. The van der Waals surface area contributed by atoms with Gasteiger partial charge in [0, 0.05) is 11.4 Å². The van der Waals surface area contributed by atoms with E-state index in [1.165, 1.54) is 0 Å². The molecule has 0 spiro atoms. The second kappa shape index (κ2) is 4.78.